The Bertz CT molecular complexity index is 1640. The van der Waals surface area contributed by atoms with Gasteiger partial charge in [0, 0.05) is 54.8 Å². The third-order valence-electron chi connectivity index (χ3n) is 8.48. The Labute approximate surface area is 241 Å². The Balaban J connectivity index is 1.31. The molecule has 0 radical (unpaired) electrons. The third kappa shape index (κ3) is 5.62. The Kier molecular flexibility index (Phi) is 7.15. The number of fused-ring (bicyclic) bond motifs is 1. The van der Waals surface area contributed by atoms with E-state index in [0.717, 1.165) is 74.7 Å². The predicted molar refractivity (Wildman–Crippen MR) is 159 cm³/mol. The Morgan fingerprint density at radius 2 is 1.61 bits per heavy atom. The fourth-order valence-electron chi connectivity index (χ4n) is 6.00. The molecule has 0 spiro atoms. The van der Waals surface area contributed by atoms with Crippen molar-refractivity contribution < 1.29 is 12.8 Å². The number of likely N-dealkylation sites (N-methyl/N-ethyl adjacent to an activating group) is 1. The van der Waals surface area contributed by atoms with Crippen molar-refractivity contribution in [2.75, 3.05) is 38.1 Å². The molecule has 41 heavy (non-hydrogen) atoms. The normalized spacial score (nSPS) is 21.0. The maximum Gasteiger partial charge on any atom is 0.238 e. The zero-order valence-corrected chi connectivity index (χ0v) is 25.1. The standard InChI is InChI=1S/C30H39N7O3S/c1-30(2,3)29-34-33-28(40-29)21-7-11-23(12-8-21)37-26-14-13-24(41(31,38)39)19-25(26)32-27(37)20-5-9-22(10-6-20)36-17-15-35(4)16-18-36/h5-6,9-10,13-14,19,21,23H,7-8,11-12,15-18H2,1-4H3,(H2,31,38,39). The Hall–Kier alpha value is -3.28. The maximum absolute atomic E-state index is 12.1. The molecule has 218 valence electrons. The second-order valence-corrected chi connectivity index (χ2v) is 14.1. The summed E-state index contributed by atoms with van der Waals surface area (Å²) in [6, 6.07) is 13.8. The minimum absolute atomic E-state index is 0.0707. The van der Waals surface area contributed by atoms with Crippen LogP contribution in [0.15, 0.2) is 51.8 Å². The van der Waals surface area contributed by atoms with Gasteiger partial charge in [0.2, 0.25) is 21.8 Å². The van der Waals surface area contributed by atoms with Gasteiger partial charge in [-0.2, -0.15) is 0 Å². The second kappa shape index (κ2) is 10.5. The lowest BCUT2D eigenvalue weighted by Gasteiger charge is -2.34. The highest BCUT2D eigenvalue weighted by atomic mass is 32.2. The first kappa shape index (κ1) is 27.9. The van der Waals surface area contributed by atoms with Crippen molar-refractivity contribution in [3.63, 3.8) is 0 Å². The van der Waals surface area contributed by atoms with Gasteiger partial charge in [-0.1, -0.05) is 20.8 Å². The fraction of sp³-hybridized carbons (Fsp3) is 0.500. The highest BCUT2D eigenvalue weighted by Crippen LogP contribution is 2.42. The van der Waals surface area contributed by atoms with Gasteiger partial charge in [-0.15, -0.1) is 10.2 Å². The summed E-state index contributed by atoms with van der Waals surface area (Å²) in [5.41, 5.74) is 3.57. The molecule has 3 heterocycles. The predicted octanol–water partition coefficient (Wildman–Crippen LogP) is 4.68. The summed E-state index contributed by atoms with van der Waals surface area (Å²) < 4.78 is 32.6. The molecule has 10 nitrogen and oxygen atoms in total. The van der Waals surface area contributed by atoms with Crippen molar-refractivity contribution in [2.24, 2.45) is 5.14 Å². The summed E-state index contributed by atoms with van der Waals surface area (Å²) in [6.07, 6.45) is 3.69. The summed E-state index contributed by atoms with van der Waals surface area (Å²) in [6.45, 7) is 10.3. The number of sulfonamides is 1. The highest BCUT2D eigenvalue weighted by Gasteiger charge is 2.31. The van der Waals surface area contributed by atoms with Crippen LogP contribution >= 0.6 is 0 Å². The number of imidazole rings is 1. The van der Waals surface area contributed by atoms with Crippen molar-refractivity contribution in [3.8, 4) is 11.4 Å². The molecule has 2 fully saturated rings. The highest BCUT2D eigenvalue weighted by molar-refractivity contribution is 7.89. The summed E-state index contributed by atoms with van der Waals surface area (Å²) in [7, 11) is -1.68. The van der Waals surface area contributed by atoms with E-state index in [0.29, 0.717) is 11.4 Å². The molecule has 2 N–H and O–H groups in total. The zero-order valence-electron chi connectivity index (χ0n) is 24.2. The van der Waals surface area contributed by atoms with Crippen LogP contribution < -0.4 is 10.0 Å². The topological polar surface area (TPSA) is 123 Å². The number of hydrogen-bond donors (Lipinski definition) is 1. The lowest BCUT2D eigenvalue weighted by atomic mass is 9.85. The van der Waals surface area contributed by atoms with Crippen molar-refractivity contribution in [1.82, 2.24) is 24.6 Å². The lowest BCUT2D eigenvalue weighted by molar-refractivity contribution is 0.283. The number of nitrogens with zero attached hydrogens (tertiary/aromatic N) is 6. The number of nitrogens with two attached hydrogens (primary N) is 1. The largest absolute Gasteiger partial charge is 0.424 e. The number of hydrogen-bond acceptors (Lipinski definition) is 8. The molecule has 1 saturated carbocycles. The van der Waals surface area contributed by atoms with E-state index in [4.69, 9.17) is 14.5 Å². The SMILES string of the molecule is CN1CCN(c2ccc(-c3nc4cc(S(N)(=O)=O)ccc4n3C3CCC(c4nnc(C(C)(C)C)o4)CC3)cc2)CC1. The van der Waals surface area contributed by atoms with E-state index in [1.54, 1.807) is 12.1 Å². The summed E-state index contributed by atoms with van der Waals surface area (Å²) in [4.78, 5) is 9.80. The molecule has 6 rings (SSSR count). The van der Waals surface area contributed by atoms with Gasteiger partial charge >= 0.3 is 0 Å². The molecule has 2 aromatic carbocycles. The maximum atomic E-state index is 12.1. The lowest BCUT2D eigenvalue weighted by Crippen LogP contribution is -2.44. The molecular weight excluding hydrogens is 538 g/mol. The number of aromatic nitrogens is 4. The summed E-state index contributed by atoms with van der Waals surface area (Å²) >= 11 is 0. The van der Waals surface area contributed by atoms with Crippen molar-refractivity contribution in [3.05, 3.63) is 54.2 Å². The van der Waals surface area contributed by atoms with Crippen molar-refractivity contribution >= 4 is 26.7 Å². The van der Waals surface area contributed by atoms with Crippen LogP contribution in [0.2, 0.25) is 0 Å². The molecule has 0 amide bonds. The van der Waals surface area contributed by atoms with Crippen LogP contribution in [0.25, 0.3) is 22.4 Å². The number of rotatable bonds is 5. The minimum atomic E-state index is -3.84. The summed E-state index contributed by atoms with van der Waals surface area (Å²) in [5.74, 6) is 2.46. The monoisotopic (exact) mass is 577 g/mol. The molecule has 1 aliphatic heterocycles. The molecule has 11 heteroatoms. The van der Waals surface area contributed by atoms with Gasteiger partial charge in [0.1, 0.15) is 5.82 Å². The van der Waals surface area contributed by atoms with E-state index in [1.165, 1.54) is 5.69 Å². The van der Waals surface area contributed by atoms with Gasteiger partial charge in [0.15, 0.2) is 0 Å². The van der Waals surface area contributed by atoms with Crippen LogP contribution in [-0.2, 0) is 15.4 Å². The van der Waals surface area contributed by atoms with Gasteiger partial charge < -0.3 is 18.8 Å². The Morgan fingerprint density at radius 3 is 2.22 bits per heavy atom. The van der Waals surface area contributed by atoms with E-state index in [2.05, 4.69) is 76.6 Å². The van der Waals surface area contributed by atoms with Crippen LogP contribution in [0.1, 0.15) is 70.2 Å². The molecule has 0 atom stereocenters. The average molecular weight is 578 g/mol. The molecule has 4 aromatic rings. The van der Waals surface area contributed by atoms with E-state index in [-0.39, 0.29) is 22.3 Å². The average Bonchev–Trinajstić information content (AvgIpc) is 3.59. The molecule has 0 bridgehead atoms. The second-order valence-electron chi connectivity index (χ2n) is 12.5. The molecular formula is C30H39N7O3S. The van der Waals surface area contributed by atoms with E-state index < -0.39 is 10.0 Å². The number of piperazine rings is 1. The first-order valence-electron chi connectivity index (χ1n) is 14.4. The van der Waals surface area contributed by atoms with Crippen LogP contribution in [0.5, 0.6) is 0 Å². The quantitative estimate of drug-likeness (QED) is 0.363. The number of benzene rings is 2. The van der Waals surface area contributed by atoms with Crippen LogP contribution in [0.4, 0.5) is 5.69 Å². The third-order valence-corrected chi connectivity index (χ3v) is 9.39. The molecule has 1 saturated heterocycles. The molecule has 2 aromatic heterocycles. The van der Waals surface area contributed by atoms with Gasteiger partial charge in [0.05, 0.1) is 15.9 Å². The summed E-state index contributed by atoms with van der Waals surface area (Å²) in [5, 5.41) is 14.1. The smallest absolute Gasteiger partial charge is 0.238 e. The van der Waals surface area contributed by atoms with Gasteiger partial charge in [-0.3, -0.25) is 0 Å². The number of anilines is 1. The Morgan fingerprint density at radius 1 is 0.927 bits per heavy atom. The van der Waals surface area contributed by atoms with E-state index >= 15 is 0 Å². The van der Waals surface area contributed by atoms with Crippen molar-refractivity contribution in [1.29, 1.82) is 0 Å². The number of primary sulfonamides is 1. The van der Waals surface area contributed by atoms with Crippen LogP contribution in [-0.4, -0.2) is 66.3 Å². The van der Waals surface area contributed by atoms with E-state index in [1.807, 2.05) is 6.07 Å². The van der Waals surface area contributed by atoms with Crippen LogP contribution in [0, 0.1) is 0 Å². The molecule has 2 aliphatic rings. The van der Waals surface area contributed by atoms with Crippen molar-refractivity contribution in [2.45, 2.75) is 68.7 Å². The zero-order chi connectivity index (χ0) is 28.9. The first-order chi connectivity index (χ1) is 19.5. The molecule has 1 aliphatic carbocycles. The van der Waals surface area contributed by atoms with E-state index in [9.17, 15) is 8.42 Å². The first-order valence-corrected chi connectivity index (χ1v) is 15.9. The van der Waals surface area contributed by atoms with Crippen LogP contribution in [0.3, 0.4) is 0 Å². The minimum Gasteiger partial charge on any atom is -0.424 e. The van der Waals surface area contributed by atoms with Gasteiger partial charge in [-0.05, 0) is 75.2 Å². The molecule has 0 unspecified atom stereocenters. The fourth-order valence-corrected chi connectivity index (χ4v) is 6.53. The van der Waals surface area contributed by atoms with Gasteiger partial charge in [-0.25, -0.2) is 18.5 Å². The van der Waals surface area contributed by atoms with Gasteiger partial charge in [0.25, 0.3) is 0 Å².